The molecule has 69 heavy (non-hydrogen) atoms. The fraction of sp³-hybridized carbons (Fsp3) is 0.391. The number of benzene rings is 3. The van der Waals surface area contributed by atoms with Gasteiger partial charge >= 0.3 is 10.2 Å². The molecule has 9 rings (SSSR count). The van der Waals surface area contributed by atoms with Gasteiger partial charge in [0.25, 0.3) is 11.5 Å². The highest BCUT2D eigenvalue weighted by molar-refractivity contribution is 7.90. The van der Waals surface area contributed by atoms with Crippen molar-refractivity contribution in [2.45, 2.75) is 44.3 Å². The fourth-order valence-corrected chi connectivity index (χ4v) is 10.3. The summed E-state index contributed by atoms with van der Waals surface area (Å²) in [7, 11) is -2.77. The lowest BCUT2D eigenvalue weighted by molar-refractivity contribution is -0.134. The summed E-state index contributed by atoms with van der Waals surface area (Å²) in [6.07, 6.45) is 5.46. The molecule has 5 aromatic rings. The van der Waals surface area contributed by atoms with Crippen molar-refractivity contribution in [3.63, 3.8) is 0 Å². The van der Waals surface area contributed by atoms with Gasteiger partial charge in [0, 0.05) is 71.0 Å². The van der Waals surface area contributed by atoms with Crippen molar-refractivity contribution in [2.24, 2.45) is 5.92 Å². The van der Waals surface area contributed by atoms with Crippen LogP contribution in [-0.4, -0.2) is 133 Å². The Bertz CT molecular complexity index is 3010. The van der Waals surface area contributed by atoms with Gasteiger partial charge in [-0.25, -0.2) is 23.7 Å². The van der Waals surface area contributed by atoms with Gasteiger partial charge in [0.2, 0.25) is 17.8 Å². The van der Waals surface area contributed by atoms with Crippen LogP contribution >= 0.6 is 0 Å². The molecule has 2 aromatic heterocycles. The van der Waals surface area contributed by atoms with E-state index in [9.17, 15) is 37.2 Å². The maximum atomic E-state index is 15.2. The Hall–Kier alpha value is -7.29. The molecule has 3 aromatic carbocycles. The number of nitriles is 1. The molecule has 4 saturated heterocycles. The number of carbonyl (C=O) groups is 3. The molecular weight excluding hydrogens is 919 g/mol. The highest BCUT2D eigenvalue weighted by Crippen LogP contribution is 2.35. The zero-order valence-electron chi connectivity index (χ0n) is 37.4. The standard InChI is InChI=1S/C46H48F2N12O8S/c1-67-40-8-2-30(20-34(40)43(62)53-39-7-9-41(61)54-44(39)63)57-13-10-28(11-14-57)25-56-16-18-58(19-17-56)46-50-23-31(24-51-46)60-27-52-37-5-3-32(21-33(37)45(60)64)68-42-35(22-49)38(6-4-36(42)48)55-69(65,66)59-15-12-29(47)26-59/h2-6,8,20-21,23-24,27-29,39,55H,7,9-19,25-26H2,1H3,(H,53,62)(H,54,61,63)/t29-,39?/m1/s1. The molecule has 4 aliphatic heterocycles. The lowest BCUT2D eigenvalue weighted by atomic mass is 9.95. The first kappa shape index (κ1) is 46.8. The smallest absolute Gasteiger partial charge is 0.301 e. The average molecular weight is 967 g/mol. The van der Waals surface area contributed by atoms with Crippen molar-refractivity contribution in [3.8, 4) is 29.0 Å². The Labute approximate surface area is 395 Å². The molecule has 2 atom stereocenters. The summed E-state index contributed by atoms with van der Waals surface area (Å²) in [5.41, 5.74) is 0.671. The first-order valence-corrected chi connectivity index (χ1v) is 23.9. The van der Waals surface area contributed by atoms with Crippen LogP contribution < -0.4 is 40.2 Å². The van der Waals surface area contributed by atoms with E-state index in [1.807, 2.05) is 6.07 Å². The van der Waals surface area contributed by atoms with Gasteiger partial charge in [0.1, 0.15) is 41.7 Å². The number of ether oxygens (including phenoxy) is 2. The molecule has 0 aliphatic carbocycles. The van der Waals surface area contributed by atoms with E-state index >= 15 is 4.39 Å². The SMILES string of the molecule is COc1ccc(N2CCC(CN3CCN(c4ncc(-n5cnc6ccc(Oc7c(F)ccc(NS(=O)(=O)N8CC[C@@H](F)C8)c7C#N)cc6c5=O)cn4)CC3)CC2)cc1C(=O)NC1CCC(=O)NC1=O. The van der Waals surface area contributed by atoms with E-state index in [-0.39, 0.29) is 55.1 Å². The number of carbonyl (C=O) groups excluding carboxylic acids is 3. The number of nitrogens with one attached hydrogen (secondary N) is 3. The molecule has 3 N–H and O–H groups in total. The van der Waals surface area contributed by atoms with E-state index in [2.05, 4.69) is 45.0 Å². The topological polar surface area (TPSA) is 237 Å². The van der Waals surface area contributed by atoms with Crippen molar-refractivity contribution >= 4 is 56.2 Å². The third-order valence-electron chi connectivity index (χ3n) is 12.9. The van der Waals surface area contributed by atoms with Crippen molar-refractivity contribution in [2.75, 3.05) is 80.5 Å². The largest absolute Gasteiger partial charge is 0.496 e. The number of imide groups is 1. The summed E-state index contributed by atoms with van der Waals surface area (Å²) in [5.74, 6) is -1.47. The predicted octanol–water partition coefficient (Wildman–Crippen LogP) is 3.26. The second kappa shape index (κ2) is 19.7. The Morgan fingerprint density at radius 3 is 2.38 bits per heavy atom. The van der Waals surface area contributed by atoms with Gasteiger partial charge in [-0.3, -0.25) is 38.7 Å². The van der Waals surface area contributed by atoms with Crippen molar-refractivity contribution in [3.05, 3.63) is 94.5 Å². The monoisotopic (exact) mass is 966 g/mol. The molecule has 4 fully saturated rings. The molecule has 20 nitrogen and oxygen atoms in total. The maximum Gasteiger partial charge on any atom is 0.301 e. The minimum Gasteiger partial charge on any atom is -0.496 e. The van der Waals surface area contributed by atoms with E-state index in [1.54, 1.807) is 18.2 Å². The third kappa shape index (κ3) is 10.1. The van der Waals surface area contributed by atoms with Crippen LogP contribution in [0.25, 0.3) is 16.6 Å². The second-order valence-corrected chi connectivity index (χ2v) is 19.0. The van der Waals surface area contributed by atoms with Gasteiger partial charge in [0.05, 0.1) is 47.3 Å². The minimum atomic E-state index is -4.26. The molecule has 0 radical (unpaired) electrons. The summed E-state index contributed by atoms with van der Waals surface area (Å²) in [6, 6.07) is 12.7. The number of hydrogen-bond donors (Lipinski definition) is 3. The summed E-state index contributed by atoms with van der Waals surface area (Å²) >= 11 is 0. The van der Waals surface area contributed by atoms with Crippen LogP contribution in [0.2, 0.25) is 0 Å². The number of hydrogen-bond acceptors (Lipinski definition) is 15. The second-order valence-electron chi connectivity index (χ2n) is 17.3. The Kier molecular flexibility index (Phi) is 13.4. The highest BCUT2D eigenvalue weighted by atomic mass is 32.2. The maximum absolute atomic E-state index is 15.2. The van der Waals surface area contributed by atoms with Gasteiger partial charge in [-0.1, -0.05) is 0 Å². The third-order valence-corrected chi connectivity index (χ3v) is 14.4. The van der Waals surface area contributed by atoms with Crippen molar-refractivity contribution < 1.29 is 41.1 Å². The lowest BCUT2D eigenvalue weighted by Gasteiger charge is -2.39. The summed E-state index contributed by atoms with van der Waals surface area (Å²) in [4.78, 5) is 71.2. The van der Waals surface area contributed by atoms with Crippen LogP contribution in [0.15, 0.2) is 72.0 Å². The first-order valence-electron chi connectivity index (χ1n) is 22.5. The summed E-state index contributed by atoms with van der Waals surface area (Å²) < 4.78 is 70.4. The molecular formula is C46H48F2N12O8S. The number of methoxy groups -OCH3 is 1. The number of alkyl halides is 1. The van der Waals surface area contributed by atoms with Crippen molar-refractivity contribution in [1.29, 1.82) is 5.26 Å². The molecule has 1 unspecified atom stereocenters. The van der Waals surface area contributed by atoms with E-state index in [4.69, 9.17) is 9.47 Å². The zero-order chi connectivity index (χ0) is 48.4. The summed E-state index contributed by atoms with van der Waals surface area (Å²) in [6.45, 7) is 5.20. The number of aromatic nitrogens is 4. The summed E-state index contributed by atoms with van der Waals surface area (Å²) in [5, 5.41) is 15.1. The number of rotatable bonds is 13. The quantitative estimate of drug-likeness (QED) is 0.144. The van der Waals surface area contributed by atoms with Gasteiger partial charge < -0.3 is 24.6 Å². The van der Waals surface area contributed by atoms with Crippen molar-refractivity contribution in [1.82, 2.24) is 39.4 Å². The molecule has 0 spiro atoms. The van der Waals surface area contributed by atoms with Gasteiger partial charge in [-0.2, -0.15) is 18.0 Å². The normalized spacial score (nSPS) is 19.6. The number of piperazine rings is 1. The van der Waals surface area contributed by atoms with E-state index in [0.29, 0.717) is 47.5 Å². The molecule has 6 heterocycles. The first-order chi connectivity index (χ1) is 33.3. The highest BCUT2D eigenvalue weighted by Gasteiger charge is 2.33. The molecule has 3 amide bonds. The minimum absolute atomic E-state index is 0.0219. The average Bonchev–Trinajstić information content (AvgIpc) is 3.81. The number of nitrogens with zero attached hydrogens (tertiary/aromatic N) is 9. The number of halogens is 2. The Balaban J connectivity index is 0.790. The van der Waals surface area contributed by atoms with Crippen LogP contribution in [0.1, 0.15) is 48.0 Å². The van der Waals surface area contributed by atoms with Crippen LogP contribution in [0, 0.1) is 23.1 Å². The van der Waals surface area contributed by atoms with Gasteiger partial charge in [-0.15, -0.1) is 0 Å². The molecule has 23 heteroatoms. The fourth-order valence-electron chi connectivity index (χ4n) is 9.04. The molecule has 360 valence electrons. The number of piperidine rings is 2. The molecule has 0 bridgehead atoms. The van der Waals surface area contributed by atoms with Crippen LogP contribution in [0.5, 0.6) is 17.2 Å². The predicted molar refractivity (Wildman–Crippen MR) is 248 cm³/mol. The molecule has 0 saturated carbocycles. The number of anilines is 3. The molecule has 4 aliphatic rings. The zero-order valence-corrected chi connectivity index (χ0v) is 38.3. The van der Waals surface area contributed by atoms with E-state index < -0.39 is 56.9 Å². The van der Waals surface area contributed by atoms with Crippen LogP contribution in [0.3, 0.4) is 0 Å². The van der Waals surface area contributed by atoms with Crippen LogP contribution in [-0.2, 0) is 19.8 Å². The number of fused-ring (bicyclic) bond motifs is 1. The van der Waals surface area contributed by atoms with Gasteiger partial charge in [-0.05, 0) is 80.1 Å². The Morgan fingerprint density at radius 1 is 0.913 bits per heavy atom. The lowest BCUT2D eigenvalue weighted by Crippen LogP contribution is -2.52. The van der Waals surface area contributed by atoms with E-state index in [0.717, 1.165) is 67.7 Å². The number of amides is 3. The van der Waals surface area contributed by atoms with E-state index in [1.165, 1.54) is 48.6 Å². The van der Waals surface area contributed by atoms with Crippen LogP contribution in [0.4, 0.5) is 26.1 Å². The van der Waals surface area contributed by atoms with Gasteiger partial charge in [0.15, 0.2) is 11.6 Å². The Morgan fingerprint density at radius 2 is 1.68 bits per heavy atom.